The van der Waals surface area contributed by atoms with E-state index in [4.69, 9.17) is 14.6 Å². The Morgan fingerprint density at radius 3 is 2.26 bits per heavy atom. The Bertz CT molecular complexity index is 221. The van der Waals surface area contributed by atoms with Crippen LogP contribution in [0.25, 0.3) is 0 Å². The molecule has 116 valence electrons. The fourth-order valence-corrected chi connectivity index (χ4v) is 1.40. The Morgan fingerprint density at radius 2 is 1.68 bits per heavy atom. The van der Waals surface area contributed by atoms with Crippen molar-refractivity contribution in [3.05, 3.63) is 0 Å². The summed E-state index contributed by atoms with van der Waals surface area (Å²) in [6.07, 6.45) is 0. The van der Waals surface area contributed by atoms with Gasteiger partial charge in [0.05, 0.1) is 32.0 Å². The van der Waals surface area contributed by atoms with Gasteiger partial charge in [-0.1, -0.05) is 13.8 Å². The van der Waals surface area contributed by atoms with Gasteiger partial charge in [0, 0.05) is 25.0 Å². The predicted octanol–water partition coefficient (Wildman–Crippen LogP) is 0.626. The van der Waals surface area contributed by atoms with Gasteiger partial charge in [-0.2, -0.15) is 0 Å². The molecule has 0 aromatic rings. The molecule has 0 saturated carbocycles. The molecule has 0 aromatic carbocycles. The van der Waals surface area contributed by atoms with E-state index in [1.165, 1.54) is 0 Å². The first-order valence-corrected chi connectivity index (χ1v) is 7.01. The second-order valence-electron chi connectivity index (χ2n) is 6.28. The van der Waals surface area contributed by atoms with E-state index in [-0.39, 0.29) is 17.6 Å². The van der Waals surface area contributed by atoms with Crippen molar-refractivity contribution in [1.82, 2.24) is 10.6 Å². The highest BCUT2D eigenvalue weighted by atomic mass is 16.5. The summed E-state index contributed by atoms with van der Waals surface area (Å²) in [6, 6.07) is 0. The van der Waals surface area contributed by atoms with E-state index in [0.29, 0.717) is 19.8 Å². The zero-order valence-electron chi connectivity index (χ0n) is 13.2. The number of likely N-dealkylation sites (N-methyl/N-ethyl adjacent to an activating group) is 1. The maximum Gasteiger partial charge on any atom is 0.0859 e. The summed E-state index contributed by atoms with van der Waals surface area (Å²) in [4.78, 5) is 0. The molecule has 0 unspecified atom stereocenters. The molecule has 0 bridgehead atoms. The van der Waals surface area contributed by atoms with Crippen molar-refractivity contribution in [3.8, 4) is 0 Å². The molecular weight excluding hydrogens is 244 g/mol. The van der Waals surface area contributed by atoms with Gasteiger partial charge in [-0.3, -0.25) is 0 Å². The van der Waals surface area contributed by atoms with Crippen LogP contribution >= 0.6 is 0 Å². The average Bonchev–Trinajstić information content (AvgIpc) is 2.33. The van der Waals surface area contributed by atoms with Crippen LogP contribution in [0.4, 0.5) is 0 Å². The second kappa shape index (κ2) is 9.66. The maximum atomic E-state index is 9.14. The molecule has 19 heavy (non-hydrogen) atoms. The van der Waals surface area contributed by atoms with Gasteiger partial charge in [0.25, 0.3) is 0 Å². The molecule has 0 aliphatic heterocycles. The molecule has 0 spiro atoms. The van der Waals surface area contributed by atoms with Crippen LogP contribution in [0.2, 0.25) is 0 Å². The third kappa shape index (κ3) is 11.3. The first-order valence-electron chi connectivity index (χ1n) is 7.01. The largest absolute Gasteiger partial charge is 0.396 e. The molecule has 0 rings (SSSR count). The zero-order valence-corrected chi connectivity index (χ0v) is 13.2. The molecule has 0 fully saturated rings. The Morgan fingerprint density at radius 1 is 1.00 bits per heavy atom. The number of aliphatic hydroxyl groups excluding tert-OH is 1. The van der Waals surface area contributed by atoms with Crippen molar-refractivity contribution in [3.63, 3.8) is 0 Å². The smallest absolute Gasteiger partial charge is 0.0859 e. The minimum Gasteiger partial charge on any atom is -0.396 e. The Balaban J connectivity index is 3.63. The molecule has 0 amide bonds. The fourth-order valence-electron chi connectivity index (χ4n) is 1.40. The van der Waals surface area contributed by atoms with Crippen LogP contribution in [0.1, 0.15) is 27.7 Å². The lowest BCUT2D eigenvalue weighted by Crippen LogP contribution is -2.36. The van der Waals surface area contributed by atoms with Crippen molar-refractivity contribution < 1.29 is 14.6 Å². The van der Waals surface area contributed by atoms with Crippen molar-refractivity contribution >= 4 is 0 Å². The van der Waals surface area contributed by atoms with E-state index in [1.807, 2.05) is 34.7 Å². The lowest BCUT2D eigenvalue weighted by atomic mass is 9.96. The molecule has 5 heteroatoms. The lowest BCUT2D eigenvalue weighted by molar-refractivity contribution is -0.0893. The van der Waals surface area contributed by atoms with Gasteiger partial charge in [-0.05, 0) is 20.9 Å². The van der Waals surface area contributed by atoms with E-state index < -0.39 is 0 Å². The van der Waals surface area contributed by atoms with E-state index in [2.05, 4.69) is 10.6 Å². The summed E-state index contributed by atoms with van der Waals surface area (Å²) in [7, 11) is 1.94. The summed E-state index contributed by atoms with van der Waals surface area (Å²) >= 11 is 0. The Hall–Kier alpha value is -0.200. The quantitative estimate of drug-likeness (QED) is 0.456. The monoisotopic (exact) mass is 276 g/mol. The molecule has 0 heterocycles. The fraction of sp³-hybridized carbons (Fsp3) is 1.00. The Kier molecular flexibility index (Phi) is 9.56. The van der Waals surface area contributed by atoms with Crippen molar-refractivity contribution in [2.24, 2.45) is 5.41 Å². The minimum atomic E-state index is -0.295. The number of hydrogen-bond donors (Lipinski definition) is 3. The third-order valence-electron chi connectivity index (χ3n) is 2.69. The van der Waals surface area contributed by atoms with Gasteiger partial charge in [-0.15, -0.1) is 0 Å². The summed E-state index contributed by atoms with van der Waals surface area (Å²) in [5, 5.41) is 15.5. The highest BCUT2D eigenvalue weighted by Gasteiger charge is 2.22. The van der Waals surface area contributed by atoms with Gasteiger partial charge in [0.2, 0.25) is 0 Å². The van der Waals surface area contributed by atoms with Gasteiger partial charge in [0.15, 0.2) is 0 Å². The third-order valence-corrected chi connectivity index (χ3v) is 2.69. The van der Waals surface area contributed by atoms with Crippen molar-refractivity contribution in [1.29, 1.82) is 0 Å². The highest BCUT2D eigenvalue weighted by molar-refractivity contribution is 4.71. The lowest BCUT2D eigenvalue weighted by Gasteiger charge is -2.28. The number of rotatable bonds is 12. The molecular formula is C14H32N2O3. The van der Waals surface area contributed by atoms with Crippen LogP contribution in [0, 0.1) is 5.41 Å². The van der Waals surface area contributed by atoms with E-state index in [0.717, 1.165) is 19.6 Å². The van der Waals surface area contributed by atoms with Gasteiger partial charge in [-0.25, -0.2) is 0 Å². The number of hydrogen-bond acceptors (Lipinski definition) is 5. The van der Waals surface area contributed by atoms with Crippen LogP contribution in [0.15, 0.2) is 0 Å². The van der Waals surface area contributed by atoms with Gasteiger partial charge >= 0.3 is 0 Å². The molecule has 0 atom stereocenters. The molecule has 0 aliphatic carbocycles. The van der Waals surface area contributed by atoms with Crippen LogP contribution < -0.4 is 10.6 Å². The number of nitrogens with one attached hydrogen (secondary N) is 2. The zero-order chi connectivity index (χ0) is 14.8. The first kappa shape index (κ1) is 18.8. The highest BCUT2D eigenvalue weighted by Crippen LogP contribution is 2.16. The topological polar surface area (TPSA) is 62.8 Å². The number of aliphatic hydroxyl groups is 1. The molecule has 0 radical (unpaired) electrons. The van der Waals surface area contributed by atoms with Crippen molar-refractivity contribution in [2.45, 2.75) is 33.3 Å². The van der Waals surface area contributed by atoms with E-state index in [9.17, 15) is 0 Å². The molecule has 5 nitrogen and oxygen atoms in total. The molecule has 0 saturated heterocycles. The summed E-state index contributed by atoms with van der Waals surface area (Å²) < 4.78 is 11.4. The molecule has 3 N–H and O–H groups in total. The standard InChI is InChI=1S/C14H32N2O3/c1-13(2,10-17)11-18-12-14(3,4)19-9-8-16-7-6-15-5/h15-17H,6-12H2,1-5H3. The van der Waals surface area contributed by atoms with Crippen molar-refractivity contribution in [2.75, 3.05) is 53.1 Å². The Labute approximate surface area is 118 Å². The SMILES string of the molecule is CNCCNCCOC(C)(C)COCC(C)(C)CO. The predicted molar refractivity (Wildman–Crippen MR) is 78.5 cm³/mol. The van der Waals surface area contributed by atoms with Crippen LogP contribution in [0.3, 0.4) is 0 Å². The first-order chi connectivity index (χ1) is 8.83. The summed E-state index contributed by atoms with van der Waals surface area (Å²) in [6.45, 7) is 12.6. The normalized spacial score (nSPS) is 12.9. The molecule has 0 aromatic heterocycles. The van der Waals surface area contributed by atoms with Crippen LogP contribution in [-0.2, 0) is 9.47 Å². The average molecular weight is 276 g/mol. The van der Waals surface area contributed by atoms with Crippen LogP contribution in [0.5, 0.6) is 0 Å². The van der Waals surface area contributed by atoms with E-state index in [1.54, 1.807) is 0 Å². The van der Waals surface area contributed by atoms with E-state index >= 15 is 0 Å². The maximum absolute atomic E-state index is 9.14. The number of ether oxygens (including phenoxy) is 2. The summed E-state index contributed by atoms with van der Waals surface area (Å²) in [5.74, 6) is 0. The minimum absolute atomic E-state index is 0.129. The molecule has 0 aliphatic rings. The second-order valence-corrected chi connectivity index (χ2v) is 6.28. The summed E-state index contributed by atoms with van der Waals surface area (Å²) in [5.41, 5.74) is -0.485. The van der Waals surface area contributed by atoms with Crippen LogP contribution in [-0.4, -0.2) is 63.8 Å². The van der Waals surface area contributed by atoms with Gasteiger partial charge < -0.3 is 25.2 Å². The van der Waals surface area contributed by atoms with Gasteiger partial charge in [0.1, 0.15) is 0 Å².